The molecule has 4 rings (SSSR count). The number of hydrogen-bond donors (Lipinski definition) is 2. The van der Waals surface area contributed by atoms with Crippen LogP contribution in [-0.2, 0) is 14.3 Å². The van der Waals surface area contributed by atoms with Crippen molar-refractivity contribution < 1.29 is 28.6 Å². The molecule has 1 amide bonds. The van der Waals surface area contributed by atoms with Crippen molar-refractivity contribution in [1.29, 1.82) is 0 Å². The van der Waals surface area contributed by atoms with Gasteiger partial charge < -0.3 is 24.5 Å². The highest BCUT2D eigenvalue weighted by Crippen LogP contribution is 2.25. The number of para-hydroxylation sites is 1. The molecule has 2 heterocycles. The molecule has 0 bridgehead atoms. The van der Waals surface area contributed by atoms with Gasteiger partial charge in [-0.3, -0.25) is 9.59 Å². The Balaban J connectivity index is 1.55. The number of hydrogen-bond acceptors (Lipinski definition) is 7. The molecule has 3 aromatic rings. The number of amides is 1. The smallest absolute Gasteiger partial charge is 0.337 e. The highest BCUT2D eigenvalue weighted by molar-refractivity contribution is 6.10. The molecule has 0 saturated carbocycles. The van der Waals surface area contributed by atoms with Crippen LogP contribution in [0.4, 0.5) is 5.69 Å². The molecule has 8 nitrogen and oxygen atoms in total. The molecule has 158 valence electrons. The van der Waals surface area contributed by atoms with Gasteiger partial charge >= 0.3 is 5.97 Å². The van der Waals surface area contributed by atoms with Gasteiger partial charge in [0.2, 0.25) is 5.78 Å². The van der Waals surface area contributed by atoms with Crippen LogP contribution >= 0.6 is 0 Å². The molecule has 2 aromatic carbocycles. The number of rotatable bonds is 7. The first kappa shape index (κ1) is 20.4. The van der Waals surface area contributed by atoms with Crippen molar-refractivity contribution in [1.82, 2.24) is 4.90 Å². The number of benzene rings is 2. The molecule has 0 aliphatic carbocycles. The van der Waals surface area contributed by atoms with E-state index in [0.29, 0.717) is 16.8 Å². The predicted octanol–water partition coefficient (Wildman–Crippen LogP) is 2.34. The van der Waals surface area contributed by atoms with Crippen LogP contribution in [0.1, 0.15) is 16.1 Å². The number of esters is 1. The van der Waals surface area contributed by atoms with E-state index in [-0.39, 0.29) is 42.5 Å². The molecule has 0 unspecified atom stereocenters. The van der Waals surface area contributed by atoms with Crippen LogP contribution in [0.3, 0.4) is 0 Å². The molecule has 1 aliphatic heterocycles. The Labute approximate surface area is 177 Å². The van der Waals surface area contributed by atoms with Gasteiger partial charge in [0.15, 0.2) is 5.76 Å². The zero-order valence-corrected chi connectivity index (χ0v) is 16.8. The first-order valence-electron chi connectivity index (χ1n) is 9.63. The summed E-state index contributed by atoms with van der Waals surface area (Å²) < 4.78 is 10.4. The lowest BCUT2D eigenvalue weighted by Gasteiger charge is -2.15. The van der Waals surface area contributed by atoms with E-state index in [4.69, 9.17) is 14.3 Å². The molecule has 0 spiro atoms. The van der Waals surface area contributed by atoms with E-state index in [1.54, 1.807) is 36.4 Å². The number of carbonyl (C=O) groups excluding carboxylic acids is 3. The van der Waals surface area contributed by atoms with Crippen LogP contribution in [0.15, 0.2) is 70.3 Å². The summed E-state index contributed by atoms with van der Waals surface area (Å²) >= 11 is 0. The van der Waals surface area contributed by atoms with Gasteiger partial charge in [-0.2, -0.15) is 0 Å². The average Bonchev–Trinajstić information content (AvgIpc) is 3.36. The molecule has 1 aromatic heterocycles. The number of ether oxygens (including phenoxy) is 1. The van der Waals surface area contributed by atoms with Gasteiger partial charge in [-0.05, 0) is 36.4 Å². The van der Waals surface area contributed by atoms with Crippen molar-refractivity contribution in [2.45, 2.75) is 0 Å². The molecule has 31 heavy (non-hydrogen) atoms. The highest BCUT2D eigenvalue weighted by Gasteiger charge is 2.34. The Morgan fingerprint density at radius 2 is 1.90 bits per heavy atom. The van der Waals surface area contributed by atoms with Crippen molar-refractivity contribution in [3.63, 3.8) is 0 Å². The number of aliphatic hydroxyl groups is 1. The van der Waals surface area contributed by atoms with Crippen molar-refractivity contribution in [3.05, 3.63) is 77.2 Å². The fraction of sp³-hybridized carbons (Fsp3) is 0.174. The molecule has 8 heteroatoms. The summed E-state index contributed by atoms with van der Waals surface area (Å²) in [6.45, 7) is -0.0570. The Morgan fingerprint density at radius 3 is 2.58 bits per heavy atom. The summed E-state index contributed by atoms with van der Waals surface area (Å²) in [4.78, 5) is 38.8. The van der Waals surface area contributed by atoms with E-state index in [1.807, 2.05) is 18.2 Å². The number of β-amino-alcohol motifs (C(OH)–C–C–N with tert-alkyl or cyclic N) is 1. The first-order valence-corrected chi connectivity index (χ1v) is 9.63. The van der Waals surface area contributed by atoms with Crippen molar-refractivity contribution in [2.24, 2.45) is 0 Å². The normalized spacial score (nSPS) is 13.7. The Bertz CT molecular complexity index is 1160. The SMILES string of the molecule is COC(=O)C1=C(Nc2ccc(C(=O)c3cc4ccccc4o3)cc2)C(=O)N(CCO)C1. The Morgan fingerprint density at radius 1 is 1.16 bits per heavy atom. The number of anilines is 1. The third-order valence-electron chi connectivity index (χ3n) is 5.02. The maximum Gasteiger partial charge on any atom is 0.337 e. The van der Waals surface area contributed by atoms with Crippen molar-refractivity contribution >= 4 is 34.3 Å². The van der Waals surface area contributed by atoms with E-state index in [9.17, 15) is 14.4 Å². The van der Waals surface area contributed by atoms with Crippen LogP contribution in [0.2, 0.25) is 0 Å². The largest absolute Gasteiger partial charge is 0.466 e. The number of nitrogens with one attached hydrogen (secondary N) is 1. The van der Waals surface area contributed by atoms with E-state index < -0.39 is 11.9 Å². The third kappa shape index (κ3) is 3.93. The molecular weight excluding hydrogens is 400 g/mol. The number of furan rings is 1. The van der Waals surface area contributed by atoms with Crippen molar-refractivity contribution in [3.8, 4) is 0 Å². The van der Waals surface area contributed by atoms with Gasteiger partial charge in [-0.25, -0.2) is 4.79 Å². The maximum atomic E-state index is 12.7. The third-order valence-corrected chi connectivity index (χ3v) is 5.02. The number of methoxy groups -OCH3 is 1. The molecule has 0 saturated heterocycles. The lowest BCUT2D eigenvalue weighted by Crippen LogP contribution is -2.31. The quantitative estimate of drug-likeness (QED) is 0.446. The average molecular weight is 420 g/mol. The Hall–Kier alpha value is -3.91. The minimum absolute atomic E-state index is 0.0526. The van der Waals surface area contributed by atoms with Crippen LogP contribution in [0.25, 0.3) is 11.0 Å². The van der Waals surface area contributed by atoms with E-state index in [2.05, 4.69) is 5.32 Å². The molecular formula is C23H20N2O6. The summed E-state index contributed by atoms with van der Waals surface area (Å²) in [5, 5.41) is 12.9. The Kier molecular flexibility index (Phi) is 5.55. The zero-order valence-electron chi connectivity index (χ0n) is 16.8. The van der Waals surface area contributed by atoms with Crippen LogP contribution in [-0.4, -0.2) is 54.5 Å². The summed E-state index contributed by atoms with van der Waals surface area (Å²) in [7, 11) is 1.24. The number of ketones is 1. The number of carbonyl (C=O) groups is 3. The van der Waals surface area contributed by atoms with Crippen LogP contribution in [0, 0.1) is 0 Å². The lowest BCUT2D eigenvalue weighted by atomic mass is 10.1. The van der Waals surface area contributed by atoms with E-state index >= 15 is 0 Å². The van der Waals surface area contributed by atoms with Gasteiger partial charge in [0.1, 0.15) is 11.3 Å². The second-order valence-corrected chi connectivity index (χ2v) is 6.98. The van der Waals surface area contributed by atoms with Gasteiger partial charge in [-0.15, -0.1) is 0 Å². The van der Waals surface area contributed by atoms with Gasteiger partial charge in [-0.1, -0.05) is 18.2 Å². The highest BCUT2D eigenvalue weighted by atomic mass is 16.5. The van der Waals surface area contributed by atoms with Crippen LogP contribution in [0.5, 0.6) is 0 Å². The minimum atomic E-state index is -0.618. The standard InChI is InChI=1S/C23H20N2O6/c1-30-23(29)17-13-25(10-11-26)22(28)20(17)24-16-8-6-14(7-9-16)21(27)19-12-15-4-2-3-5-18(15)31-19/h2-9,12,24,26H,10-11,13H2,1H3. The topological polar surface area (TPSA) is 109 Å². The molecule has 2 N–H and O–H groups in total. The summed E-state index contributed by atoms with van der Waals surface area (Å²) in [6.07, 6.45) is 0. The monoisotopic (exact) mass is 420 g/mol. The molecule has 1 aliphatic rings. The molecule has 0 atom stereocenters. The lowest BCUT2D eigenvalue weighted by molar-refractivity contribution is -0.136. The summed E-state index contributed by atoms with van der Waals surface area (Å²) in [5.74, 6) is -1.05. The zero-order chi connectivity index (χ0) is 22.0. The molecule has 0 radical (unpaired) electrons. The predicted molar refractivity (Wildman–Crippen MR) is 112 cm³/mol. The summed E-state index contributed by atoms with van der Waals surface area (Å²) in [5.41, 5.74) is 1.86. The first-order chi connectivity index (χ1) is 15.0. The minimum Gasteiger partial charge on any atom is -0.466 e. The van der Waals surface area contributed by atoms with Crippen molar-refractivity contribution in [2.75, 3.05) is 32.1 Å². The maximum absolute atomic E-state index is 12.7. The van der Waals surface area contributed by atoms with Gasteiger partial charge in [0.25, 0.3) is 5.91 Å². The van der Waals surface area contributed by atoms with Gasteiger partial charge in [0, 0.05) is 23.2 Å². The van der Waals surface area contributed by atoms with Gasteiger partial charge in [0.05, 0.1) is 25.8 Å². The number of nitrogens with zero attached hydrogens (tertiary/aromatic N) is 1. The second-order valence-electron chi connectivity index (χ2n) is 6.98. The van der Waals surface area contributed by atoms with E-state index in [0.717, 1.165) is 5.39 Å². The molecule has 0 fully saturated rings. The number of aliphatic hydroxyl groups excluding tert-OH is 1. The fourth-order valence-electron chi connectivity index (χ4n) is 3.43. The van der Waals surface area contributed by atoms with E-state index in [1.165, 1.54) is 12.0 Å². The van der Waals surface area contributed by atoms with Crippen LogP contribution < -0.4 is 5.32 Å². The second kappa shape index (κ2) is 8.45. The number of fused-ring (bicyclic) bond motifs is 1. The summed E-state index contributed by atoms with van der Waals surface area (Å²) in [6, 6.07) is 15.6. The fourth-order valence-corrected chi connectivity index (χ4v) is 3.43.